The van der Waals surface area contributed by atoms with Crippen LogP contribution in [0.2, 0.25) is 0 Å². The average molecular weight is 433 g/mol. The van der Waals surface area contributed by atoms with Gasteiger partial charge in [-0.25, -0.2) is 0 Å². The number of nitrogens with one attached hydrogen (secondary N) is 2. The van der Waals surface area contributed by atoms with Gasteiger partial charge in [0.25, 0.3) is 5.91 Å². The molecule has 2 aromatic carbocycles. The van der Waals surface area contributed by atoms with E-state index < -0.39 is 0 Å². The first kappa shape index (κ1) is 21.8. The van der Waals surface area contributed by atoms with Crippen molar-refractivity contribution in [1.29, 1.82) is 0 Å². The van der Waals surface area contributed by atoms with E-state index in [2.05, 4.69) is 94.6 Å². The summed E-state index contributed by atoms with van der Waals surface area (Å²) >= 11 is 5.00. The van der Waals surface area contributed by atoms with Crippen molar-refractivity contribution in [3.8, 4) is 0 Å². The Morgan fingerprint density at radius 2 is 1.45 bits per heavy atom. The molecule has 162 valence electrons. The van der Waals surface area contributed by atoms with Gasteiger partial charge in [-0.15, -0.1) is 0 Å². The van der Waals surface area contributed by atoms with Crippen LogP contribution in [0.1, 0.15) is 82.2 Å². The van der Waals surface area contributed by atoms with Gasteiger partial charge in [-0.3, -0.25) is 10.1 Å². The SMILES string of the molecule is CC1(C)CCC(C)(C)c2cc(C(C)(C)c3ccc(/C=C4/NC(=S)NC4=O)cc3)ccc21. The molecule has 0 radical (unpaired) electrons. The van der Waals surface area contributed by atoms with E-state index in [-0.39, 0.29) is 22.2 Å². The standard InChI is InChI=1S/C27H32N2OS/c1-25(2)13-14-26(3,4)21-16-19(11-12-20(21)25)27(5,6)18-9-7-17(8-10-18)15-22-23(30)29-24(31)28-22/h7-12,15-16H,13-14H2,1-6H3,(H2,28,29,30,31)/b22-15+. The van der Waals surface area contributed by atoms with Gasteiger partial charge in [-0.05, 0) is 69.8 Å². The van der Waals surface area contributed by atoms with Gasteiger partial charge >= 0.3 is 0 Å². The summed E-state index contributed by atoms with van der Waals surface area (Å²) in [6.07, 6.45) is 4.27. The Morgan fingerprint density at radius 1 is 0.871 bits per heavy atom. The lowest BCUT2D eigenvalue weighted by molar-refractivity contribution is -0.115. The topological polar surface area (TPSA) is 41.1 Å². The zero-order valence-corrected chi connectivity index (χ0v) is 20.2. The third-order valence-corrected chi connectivity index (χ3v) is 7.44. The molecule has 0 bridgehead atoms. The minimum atomic E-state index is -0.186. The second-order valence-electron chi connectivity index (χ2n) is 10.7. The zero-order chi connectivity index (χ0) is 22.6. The summed E-state index contributed by atoms with van der Waals surface area (Å²) in [7, 11) is 0. The fraction of sp³-hybridized carbons (Fsp3) is 0.407. The number of fused-ring (bicyclic) bond motifs is 1. The van der Waals surface area contributed by atoms with Gasteiger partial charge in [0.2, 0.25) is 0 Å². The van der Waals surface area contributed by atoms with Crippen molar-refractivity contribution in [3.63, 3.8) is 0 Å². The molecule has 4 heteroatoms. The number of carbonyl (C=O) groups is 1. The number of hydrogen-bond donors (Lipinski definition) is 2. The summed E-state index contributed by atoms with van der Waals surface area (Å²) in [6, 6.07) is 15.6. The second-order valence-corrected chi connectivity index (χ2v) is 11.1. The minimum Gasteiger partial charge on any atom is -0.328 e. The number of rotatable bonds is 3. The van der Waals surface area contributed by atoms with Crippen molar-refractivity contribution in [1.82, 2.24) is 10.6 Å². The first-order valence-corrected chi connectivity index (χ1v) is 11.4. The van der Waals surface area contributed by atoms with Crippen molar-refractivity contribution >= 4 is 29.3 Å². The number of hydrogen-bond acceptors (Lipinski definition) is 2. The van der Waals surface area contributed by atoms with Gasteiger partial charge in [0.05, 0.1) is 0 Å². The van der Waals surface area contributed by atoms with Crippen molar-refractivity contribution in [2.24, 2.45) is 0 Å². The number of amides is 1. The number of thiocarbonyl (C=S) groups is 1. The molecule has 0 saturated carbocycles. The average Bonchev–Trinajstić information content (AvgIpc) is 3.02. The van der Waals surface area contributed by atoms with Gasteiger partial charge in [-0.1, -0.05) is 84.0 Å². The highest BCUT2D eigenvalue weighted by Crippen LogP contribution is 2.47. The fourth-order valence-electron chi connectivity index (χ4n) is 4.79. The van der Waals surface area contributed by atoms with E-state index in [9.17, 15) is 4.79 Å². The van der Waals surface area contributed by atoms with Gasteiger partial charge < -0.3 is 5.32 Å². The molecule has 3 nitrogen and oxygen atoms in total. The number of benzene rings is 2. The molecular formula is C27H32N2OS. The normalized spacial score (nSPS) is 20.9. The summed E-state index contributed by atoms with van der Waals surface area (Å²) in [5.74, 6) is -0.186. The zero-order valence-electron chi connectivity index (χ0n) is 19.3. The lowest BCUT2D eigenvalue weighted by Gasteiger charge is -2.43. The molecule has 4 rings (SSSR count). The second kappa shape index (κ2) is 7.30. The maximum absolute atomic E-state index is 11.9. The largest absolute Gasteiger partial charge is 0.328 e. The molecule has 2 aliphatic rings. The molecule has 0 atom stereocenters. The van der Waals surface area contributed by atoms with E-state index in [1.165, 1.54) is 35.1 Å². The third-order valence-electron chi connectivity index (χ3n) is 7.24. The molecule has 1 heterocycles. The van der Waals surface area contributed by atoms with Crippen LogP contribution < -0.4 is 10.6 Å². The minimum absolute atomic E-state index is 0.122. The van der Waals surface area contributed by atoms with Crippen LogP contribution in [0, 0.1) is 0 Å². The highest BCUT2D eigenvalue weighted by atomic mass is 32.1. The Labute approximate surface area is 191 Å². The van der Waals surface area contributed by atoms with Crippen LogP contribution in [0.3, 0.4) is 0 Å². The Kier molecular flexibility index (Phi) is 5.13. The van der Waals surface area contributed by atoms with Crippen LogP contribution in [-0.2, 0) is 21.0 Å². The van der Waals surface area contributed by atoms with Gasteiger partial charge in [-0.2, -0.15) is 0 Å². The smallest absolute Gasteiger partial charge is 0.273 e. The summed E-state index contributed by atoms with van der Waals surface area (Å²) in [5.41, 5.74) is 7.33. The molecule has 0 aromatic heterocycles. The summed E-state index contributed by atoms with van der Waals surface area (Å²) < 4.78 is 0. The Balaban J connectivity index is 1.67. The summed E-state index contributed by atoms with van der Waals surface area (Å²) in [4.78, 5) is 11.9. The molecule has 31 heavy (non-hydrogen) atoms. The van der Waals surface area contributed by atoms with E-state index in [0.29, 0.717) is 10.8 Å². The van der Waals surface area contributed by atoms with Crippen LogP contribution in [0.4, 0.5) is 0 Å². The Morgan fingerprint density at radius 3 is 2.03 bits per heavy atom. The van der Waals surface area contributed by atoms with Crippen LogP contribution in [0.5, 0.6) is 0 Å². The predicted molar refractivity (Wildman–Crippen MR) is 132 cm³/mol. The quantitative estimate of drug-likeness (QED) is 0.482. The lowest BCUT2D eigenvalue weighted by Crippen LogP contribution is -2.34. The van der Waals surface area contributed by atoms with Crippen LogP contribution in [0.15, 0.2) is 48.2 Å². The molecule has 1 aliphatic heterocycles. The van der Waals surface area contributed by atoms with Crippen LogP contribution >= 0.6 is 12.2 Å². The fourth-order valence-corrected chi connectivity index (χ4v) is 4.99. The van der Waals surface area contributed by atoms with Gasteiger partial charge in [0.15, 0.2) is 5.11 Å². The summed E-state index contributed by atoms with van der Waals surface area (Å²) in [5, 5.41) is 5.85. The van der Waals surface area contributed by atoms with E-state index >= 15 is 0 Å². The highest BCUT2D eigenvalue weighted by molar-refractivity contribution is 7.80. The number of carbonyl (C=O) groups excluding carboxylic acids is 1. The highest BCUT2D eigenvalue weighted by Gasteiger charge is 2.38. The van der Waals surface area contributed by atoms with E-state index in [4.69, 9.17) is 12.2 Å². The van der Waals surface area contributed by atoms with E-state index in [1.807, 2.05) is 6.08 Å². The molecule has 1 fully saturated rings. The lowest BCUT2D eigenvalue weighted by atomic mass is 9.62. The Hall–Kier alpha value is -2.46. The van der Waals surface area contributed by atoms with Crippen molar-refractivity contribution in [3.05, 3.63) is 76.0 Å². The van der Waals surface area contributed by atoms with Gasteiger partial charge in [0.1, 0.15) is 5.70 Å². The Bertz CT molecular complexity index is 1090. The molecule has 0 spiro atoms. The monoisotopic (exact) mass is 432 g/mol. The molecule has 0 unspecified atom stereocenters. The molecule has 1 saturated heterocycles. The van der Waals surface area contributed by atoms with Crippen LogP contribution in [0.25, 0.3) is 6.08 Å². The molecule has 2 aromatic rings. The van der Waals surface area contributed by atoms with E-state index in [1.54, 1.807) is 0 Å². The van der Waals surface area contributed by atoms with Gasteiger partial charge in [0, 0.05) is 5.41 Å². The third kappa shape index (κ3) is 3.94. The van der Waals surface area contributed by atoms with Crippen molar-refractivity contribution in [2.45, 2.75) is 70.6 Å². The van der Waals surface area contributed by atoms with Crippen LogP contribution in [-0.4, -0.2) is 11.0 Å². The first-order chi connectivity index (χ1) is 14.4. The predicted octanol–water partition coefficient (Wildman–Crippen LogP) is 5.71. The van der Waals surface area contributed by atoms with E-state index in [0.717, 1.165) is 5.56 Å². The molecule has 1 aliphatic carbocycles. The molecular weight excluding hydrogens is 400 g/mol. The maximum Gasteiger partial charge on any atom is 0.273 e. The molecule has 1 amide bonds. The van der Waals surface area contributed by atoms with Crippen molar-refractivity contribution in [2.75, 3.05) is 0 Å². The first-order valence-electron chi connectivity index (χ1n) is 11.0. The summed E-state index contributed by atoms with van der Waals surface area (Å²) in [6.45, 7) is 14.1. The van der Waals surface area contributed by atoms with Crippen molar-refractivity contribution < 1.29 is 4.79 Å². The molecule has 2 N–H and O–H groups in total. The maximum atomic E-state index is 11.9.